The lowest BCUT2D eigenvalue weighted by molar-refractivity contribution is 0.723. The first-order chi connectivity index (χ1) is 4.81. The quantitative estimate of drug-likeness (QED) is 0.399. The Morgan fingerprint density at radius 2 is 1.82 bits per heavy atom. The van der Waals surface area contributed by atoms with Crippen molar-refractivity contribution < 1.29 is 16.8 Å². The normalized spacial score (nSPS) is 38.5. The Labute approximate surface area is 65.2 Å². The molecule has 3 nitrogen and oxygen atoms in total. The molecule has 0 bridgehead atoms. The SMILES string of the molecule is F[P+]1=NP(F)(F)=NP(F)(Cl)=N1. The first-order valence-corrected chi connectivity index (χ1v) is 7.15. The van der Waals surface area contributed by atoms with E-state index in [-0.39, 0.29) is 0 Å². The minimum absolute atomic E-state index is 2.23. The lowest BCUT2D eigenvalue weighted by Crippen LogP contribution is -1.60. The fourth-order valence-corrected chi connectivity index (χ4v) is 5.45. The van der Waals surface area contributed by atoms with Crippen molar-refractivity contribution in [2.45, 2.75) is 0 Å². The highest BCUT2D eigenvalue weighted by molar-refractivity contribution is 7.92. The first-order valence-electron chi connectivity index (χ1n) is 2.05. The first kappa shape index (κ1) is 9.66. The summed E-state index contributed by atoms with van der Waals surface area (Å²) in [6.45, 7) is -4.43. The van der Waals surface area contributed by atoms with E-state index >= 15 is 0 Å². The molecule has 0 aromatic rings. The summed E-state index contributed by atoms with van der Waals surface area (Å²) in [6, 6.07) is 0. The van der Waals surface area contributed by atoms with E-state index in [1.54, 1.807) is 0 Å². The van der Waals surface area contributed by atoms with Gasteiger partial charge in [0.25, 0.3) is 0 Å². The van der Waals surface area contributed by atoms with Crippen LogP contribution in [0.2, 0.25) is 0 Å². The lowest BCUT2D eigenvalue weighted by atomic mass is 13.8. The van der Waals surface area contributed by atoms with Crippen LogP contribution >= 0.6 is 34.1 Å². The Morgan fingerprint density at radius 1 is 1.27 bits per heavy atom. The van der Waals surface area contributed by atoms with Crippen molar-refractivity contribution in [1.82, 2.24) is 0 Å². The smallest absolute Gasteiger partial charge is 0.162 e. The minimum Gasteiger partial charge on any atom is -0.162 e. The Hall–Kier alpha value is 0.570. The average molecular weight is 246 g/mol. The van der Waals surface area contributed by atoms with E-state index in [4.69, 9.17) is 11.2 Å². The zero-order valence-electron chi connectivity index (χ0n) is 4.57. The van der Waals surface area contributed by atoms with E-state index in [2.05, 4.69) is 13.5 Å². The maximum Gasteiger partial charge on any atom is 0.596 e. The molecule has 0 aromatic carbocycles. The Morgan fingerprint density at radius 3 is 2.18 bits per heavy atom. The van der Waals surface area contributed by atoms with Crippen LogP contribution in [0.15, 0.2) is 13.5 Å². The minimum atomic E-state index is -5.16. The predicted molar refractivity (Wildman–Crippen MR) is 38.3 cm³/mol. The summed E-state index contributed by atoms with van der Waals surface area (Å²) >= 11 is 4.73. The van der Waals surface area contributed by atoms with Crippen LogP contribution < -0.4 is 0 Å². The molecule has 1 aliphatic heterocycles. The van der Waals surface area contributed by atoms with Crippen molar-refractivity contribution in [3.8, 4) is 0 Å². The van der Waals surface area contributed by atoms with Crippen molar-refractivity contribution in [2.24, 2.45) is 13.5 Å². The molecule has 1 rings (SSSR count). The molecule has 0 amide bonds. The second-order valence-electron chi connectivity index (χ2n) is 1.42. The van der Waals surface area contributed by atoms with Crippen LogP contribution in [0.25, 0.3) is 0 Å². The lowest BCUT2D eigenvalue weighted by Gasteiger charge is -1.98. The number of halogens is 5. The second-order valence-corrected chi connectivity index (χ2v) is 7.16. The van der Waals surface area contributed by atoms with Gasteiger partial charge in [0.15, 0.2) is 0 Å². The zero-order chi connectivity index (χ0) is 8.70. The topological polar surface area (TPSA) is 37.1 Å². The maximum atomic E-state index is 12.4. The van der Waals surface area contributed by atoms with Gasteiger partial charge in [-0.15, -0.1) is 12.9 Å². The standard InChI is InChI=1S/ClF4N3P3/c1-10(3)6-9(2)7-11(4,5)8-10/q+1. The summed E-state index contributed by atoms with van der Waals surface area (Å²) in [5.41, 5.74) is 0. The molecular formula is ClF4N3P3+. The molecule has 0 saturated heterocycles. The van der Waals surface area contributed by atoms with Gasteiger partial charge in [-0.25, -0.2) is 0 Å². The molecule has 11 heavy (non-hydrogen) atoms. The average Bonchev–Trinajstić information content (AvgIpc) is 1.49. The van der Waals surface area contributed by atoms with E-state index in [0.29, 0.717) is 0 Å². The van der Waals surface area contributed by atoms with Crippen LogP contribution in [0.5, 0.6) is 0 Å². The molecule has 11 heteroatoms. The van der Waals surface area contributed by atoms with Crippen LogP contribution in [0.1, 0.15) is 0 Å². The van der Waals surface area contributed by atoms with Gasteiger partial charge < -0.3 is 0 Å². The number of hydrogen-bond donors (Lipinski definition) is 0. The van der Waals surface area contributed by atoms with Gasteiger partial charge in [-0.3, -0.25) is 0 Å². The Bertz CT molecular complexity index is 299. The molecule has 0 saturated carbocycles. The summed E-state index contributed by atoms with van der Waals surface area (Å²) in [5, 5.41) is 0. The van der Waals surface area contributed by atoms with Gasteiger partial charge in [-0.1, -0.05) is 0 Å². The van der Waals surface area contributed by atoms with Crippen LogP contribution in [0.4, 0.5) is 16.8 Å². The monoisotopic (exact) mass is 246 g/mol. The molecule has 1 aliphatic rings. The highest BCUT2D eigenvalue weighted by Gasteiger charge is 2.39. The molecule has 0 fully saturated rings. The zero-order valence-corrected chi connectivity index (χ0v) is 8.01. The van der Waals surface area contributed by atoms with Gasteiger partial charge in [-0.2, -0.15) is 4.20 Å². The largest absolute Gasteiger partial charge is 0.596 e. The molecule has 64 valence electrons. The van der Waals surface area contributed by atoms with Crippen molar-refractivity contribution in [3.63, 3.8) is 0 Å². The van der Waals surface area contributed by atoms with Gasteiger partial charge in [-0.05, 0) is 11.2 Å². The number of nitrogens with zero attached hydrogens (tertiary/aromatic N) is 3. The molecule has 1 heterocycles. The summed E-state index contributed by atoms with van der Waals surface area (Å²) < 4.78 is 55.8. The van der Waals surface area contributed by atoms with Gasteiger partial charge in [0, 0.05) is 4.52 Å². The summed E-state index contributed by atoms with van der Waals surface area (Å²) in [5.74, 6) is 0. The predicted octanol–water partition coefficient (Wildman–Crippen LogP) is 5.50. The Balaban J connectivity index is 3.31. The van der Waals surface area contributed by atoms with Crippen LogP contribution in [-0.2, 0) is 0 Å². The van der Waals surface area contributed by atoms with E-state index < -0.39 is 22.9 Å². The highest BCUT2D eigenvalue weighted by atomic mass is 35.7. The molecule has 0 N–H and O–H groups in total. The Kier molecular flexibility index (Phi) is 2.46. The molecule has 0 spiro atoms. The molecule has 0 aliphatic carbocycles. The third kappa shape index (κ3) is 2.83. The van der Waals surface area contributed by atoms with Crippen molar-refractivity contribution in [2.75, 3.05) is 0 Å². The van der Waals surface area contributed by atoms with Crippen LogP contribution in [-0.4, -0.2) is 0 Å². The third-order valence-corrected chi connectivity index (χ3v) is 6.42. The van der Waals surface area contributed by atoms with E-state index in [9.17, 15) is 16.8 Å². The van der Waals surface area contributed by atoms with E-state index in [1.807, 2.05) is 0 Å². The van der Waals surface area contributed by atoms with Crippen LogP contribution in [0.3, 0.4) is 0 Å². The van der Waals surface area contributed by atoms with Crippen LogP contribution in [0, 0.1) is 0 Å². The maximum absolute atomic E-state index is 12.4. The molecular weight excluding hydrogens is 246 g/mol. The molecule has 0 aromatic heterocycles. The third-order valence-electron chi connectivity index (χ3n) is 0.578. The fourth-order valence-electron chi connectivity index (χ4n) is 0.361. The molecule has 0 radical (unpaired) electrons. The highest BCUT2D eigenvalue weighted by Crippen LogP contribution is 2.77. The van der Waals surface area contributed by atoms with Gasteiger partial charge in [0.2, 0.25) is 0 Å². The van der Waals surface area contributed by atoms with Gasteiger partial charge in [0.05, 0.1) is 8.71 Å². The number of rotatable bonds is 0. The summed E-state index contributed by atoms with van der Waals surface area (Å²) in [7, 11) is -8.33. The van der Waals surface area contributed by atoms with Crippen molar-refractivity contribution in [1.29, 1.82) is 0 Å². The van der Waals surface area contributed by atoms with Gasteiger partial charge >= 0.3 is 22.9 Å². The molecule has 2 atom stereocenters. The van der Waals surface area contributed by atoms with E-state index in [1.165, 1.54) is 0 Å². The molecule has 2 unspecified atom stereocenters. The second kappa shape index (κ2) is 2.81. The fraction of sp³-hybridized carbons (Fsp3) is 0. The van der Waals surface area contributed by atoms with Gasteiger partial charge in [0.1, 0.15) is 0 Å². The summed E-state index contributed by atoms with van der Waals surface area (Å²) in [6.07, 6.45) is 0. The van der Waals surface area contributed by atoms with Crippen molar-refractivity contribution in [3.05, 3.63) is 0 Å². The summed E-state index contributed by atoms with van der Waals surface area (Å²) in [4.78, 5) is 0. The van der Waals surface area contributed by atoms with E-state index in [0.717, 1.165) is 0 Å². The number of hydrogen-bond acceptors (Lipinski definition) is 3. The van der Waals surface area contributed by atoms with Crippen molar-refractivity contribution >= 4 is 34.1 Å².